The van der Waals surface area contributed by atoms with Gasteiger partial charge in [0.05, 0.1) is 12.2 Å². The summed E-state index contributed by atoms with van der Waals surface area (Å²) in [5, 5.41) is 2.60. The molecule has 0 fully saturated rings. The van der Waals surface area contributed by atoms with E-state index in [0.717, 1.165) is 44.3 Å². The molecule has 0 saturated carbocycles. The molecule has 1 aliphatic rings. The third-order valence-corrected chi connectivity index (χ3v) is 4.10. The first-order valence-electron chi connectivity index (χ1n) is 7.93. The lowest BCUT2D eigenvalue weighted by Crippen LogP contribution is -2.33. The van der Waals surface area contributed by atoms with E-state index in [1.165, 1.54) is 11.1 Å². The van der Waals surface area contributed by atoms with Crippen LogP contribution < -0.4 is 11.1 Å². The Bertz CT molecular complexity index is 752. The van der Waals surface area contributed by atoms with Crippen molar-refractivity contribution in [3.8, 4) is 0 Å². The molecule has 0 radical (unpaired) electrons. The van der Waals surface area contributed by atoms with Gasteiger partial charge >= 0.3 is 0 Å². The number of guanidine groups is 1. The Kier molecular flexibility index (Phi) is 7.12. The van der Waals surface area contributed by atoms with Crippen LogP contribution in [-0.4, -0.2) is 30.5 Å². The van der Waals surface area contributed by atoms with Crippen molar-refractivity contribution < 1.29 is 8.78 Å². The maximum Gasteiger partial charge on any atom is 0.193 e. The van der Waals surface area contributed by atoms with Crippen molar-refractivity contribution in [2.45, 2.75) is 13.0 Å². The number of hydrogen-bond donors (Lipinski definition) is 2. The molecule has 1 aliphatic heterocycles. The zero-order valence-electron chi connectivity index (χ0n) is 13.7. The SMILES string of the molecule is I.NC(=NCCN1CCc2ccccc2C1)Nc1cc(F)ccc1F. The highest BCUT2D eigenvalue weighted by Crippen LogP contribution is 2.18. The van der Waals surface area contributed by atoms with Crippen molar-refractivity contribution in [1.29, 1.82) is 0 Å². The van der Waals surface area contributed by atoms with Gasteiger partial charge in [-0.25, -0.2) is 8.78 Å². The second kappa shape index (κ2) is 9.10. The average Bonchev–Trinajstić information content (AvgIpc) is 2.58. The monoisotopic (exact) mass is 458 g/mol. The molecule has 0 amide bonds. The molecule has 0 aliphatic carbocycles. The number of fused-ring (bicyclic) bond motifs is 1. The van der Waals surface area contributed by atoms with E-state index in [1.54, 1.807) is 0 Å². The zero-order valence-corrected chi connectivity index (χ0v) is 16.0. The first-order valence-corrected chi connectivity index (χ1v) is 7.93. The highest BCUT2D eigenvalue weighted by molar-refractivity contribution is 14.0. The maximum absolute atomic E-state index is 13.5. The predicted molar refractivity (Wildman–Crippen MR) is 107 cm³/mol. The van der Waals surface area contributed by atoms with Crippen LogP contribution in [0, 0.1) is 11.6 Å². The zero-order chi connectivity index (χ0) is 16.9. The van der Waals surface area contributed by atoms with Crippen LogP contribution in [0.1, 0.15) is 11.1 Å². The van der Waals surface area contributed by atoms with Gasteiger partial charge in [-0.3, -0.25) is 9.89 Å². The molecule has 0 unspecified atom stereocenters. The number of nitrogens with zero attached hydrogens (tertiary/aromatic N) is 2. The van der Waals surface area contributed by atoms with Crippen molar-refractivity contribution in [3.63, 3.8) is 0 Å². The van der Waals surface area contributed by atoms with Gasteiger partial charge in [0, 0.05) is 25.7 Å². The van der Waals surface area contributed by atoms with Gasteiger partial charge in [-0.2, -0.15) is 0 Å². The van der Waals surface area contributed by atoms with Crippen molar-refractivity contribution in [1.82, 2.24) is 4.90 Å². The van der Waals surface area contributed by atoms with Crippen LogP contribution in [0.3, 0.4) is 0 Å². The fourth-order valence-electron chi connectivity index (χ4n) is 2.83. The summed E-state index contributed by atoms with van der Waals surface area (Å²) >= 11 is 0. The Morgan fingerprint density at radius 1 is 1.16 bits per heavy atom. The molecule has 0 spiro atoms. The minimum Gasteiger partial charge on any atom is -0.370 e. The van der Waals surface area contributed by atoms with Crippen molar-refractivity contribution in [2.24, 2.45) is 10.7 Å². The summed E-state index contributed by atoms with van der Waals surface area (Å²) < 4.78 is 26.7. The fourth-order valence-corrected chi connectivity index (χ4v) is 2.83. The molecule has 2 aromatic carbocycles. The molecule has 0 aromatic heterocycles. The summed E-state index contributed by atoms with van der Waals surface area (Å²) in [6.45, 7) is 3.15. The third kappa shape index (κ3) is 5.37. The number of hydrogen-bond acceptors (Lipinski definition) is 2. The average molecular weight is 458 g/mol. The van der Waals surface area contributed by atoms with Crippen LogP contribution in [-0.2, 0) is 13.0 Å². The number of nitrogens with one attached hydrogen (secondary N) is 1. The Hall–Kier alpha value is -1.74. The number of halogens is 3. The van der Waals surface area contributed by atoms with Crippen LogP contribution in [0.4, 0.5) is 14.5 Å². The number of benzene rings is 2. The van der Waals surface area contributed by atoms with Crippen LogP contribution in [0.2, 0.25) is 0 Å². The minimum atomic E-state index is -0.567. The smallest absolute Gasteiger partial charge is 0.193 e. The molecule has 25 heavy (non-hydrogen) atoms. The minimum absolute atomic E-state index is 0. The summed E-state index contributed by atoms with van der Waals surface area (Å²) in [6, 6.07) is 11.6. The lowest BCUT2D eigenvalue weighted by Gasteiger charge is -2.28. The molecular formula is C18H21F2IN4. The molecule has 134 valence electrons. The molecule has 7 heteroatoms. The van der Waals surface area contributed by atoms with E-state index in [9.17, 15) is 8.78 Å². The molecule has 3 rings (SSSR count). The van der Waals surface area contributed by atoms with Crippen LogP contribution in [0.25, 0.3) is 0 Å². The molecule has 3 N–H and O–H groups in total. The van der Waals surface area contributed by atoms with E-state index in [2.05, 4.69) is 39.5 Å². The Morgan fingerprint density at radius 2 is 1.92 bits per heavy atom. The molecule has 2 aromatic rings. The summed E-state index contributed by atoms with van der Waals surface area (Å²) in [6.07, 6.45) is 1.03. The number of anilines is 1. The number of aliphatic imine (C=N–C) groups is 1. The van der Waals surface area contributed by atoms with E-state index in [1.807, 2.05) is 0 Å². The topological polar surface area (TPSA) is 53.6 Å². The highest BCUT2D eigenvalue weighted by Gasteiger charge is 2.14. The lowest BCUT2D eigenvalue weighted by atomic mass is 10.0. The largest absolute Gasteiger partial charge is 0.370 e. The van der Waals surface area contributed by atoms with Gasteiger partial charge in [0.1, 0.15) is 11.6 Å². The van der Waals surface area contributed by atoms with E-state index in [0.29, 0.717) is 6.54 Å². The fraction of sp³-hybridized carbons (Fsp3) is 0.278. The second-order valence-electron chi connectivity index (χ2n) is 5.81. The van der Waals surface area contributed by atoms with Crippen LogP contribution in [0.15, 0.2) is 47.5 Å². The van der Waals surface area contributed by atoms with Gasteiger partial charge in [0.15, 0.2) is 5.96 Å². The Balaban J connectivity index is 0.00000225. The molecule has 0 saturated heterocycles. The maximum atomic E-state index is 13.5. The molecule has 0 bridgehead atoms. The quantitative estimate of drug-likeness (QED) is 0.420. The van der Waals surface area contributed by atoms with E-state index >= 15 is 0 Å². The van der Waals surface area contributed by atoms with Crippen molar-refractivity contribution in [3.05, 3.63) is 65.2 Å². The van der Waals surface area contributed by atoms with E-state index in [-0.39, 0.29) is 35.6 Å². The summed E-state index contributed by atoms with van der Waals surface area (Å²) in [4.78, 5) is 6.50. The Labute approximate surface area is 163 Å². The van der Waals surface area contributed by atoms with E-state index in [4.69, 9.17) is 5.73 Å². The van der Waals surface area contributed by atoms with Crippen LogP contribution in [0.5, 0.6) is 0 Å². The van der Waals surface area contributed by atoms with Gasteiger partial charge in [-0.15, -0.1) is 24.0 Å². The molecule has 0 atom stereocenters. The second-order valence-corrected chi connectivity index (χ2v) is 5.81. The summed E-state index contributed by atoms with van der Waals surface area (Å²) in [5.41, 5.74) is 8.49. The van der Waals surface area contributed by atoms with Gasteiger partial charge in [0.2, 0.25) is 0 Å². The molecule has 4 nitrogen and oxygen atoms in total. The standard InChI is InChI=1S/C18H20F2N4.HI/c19-15-5-6-16(20)17(11-15)23-18(21)22-8-10-24-9-7-13-3-1-2-4-14(13)12-24;/h1-6,11H,7-10,12H2,(H3,21,22,23);1H. The van der Waals surface area contributed by atoms with Crippen molar-refractivity contribution >= 4 is 35.6 Å². The number of nitrogens with two attached hydrogens (primary N) is 1. The highest BCUT2D eigenvalue weighted by atomic mass is 127. The Morgan fingerprint density at radius 3 is 2.72 bits per heavy atom. The van der Waals surface area contributed by atoms with Crippen LogP contribution >= 0.6 is 24.0 Å². The van der Waals surface area contributed by atoms with Gasteiger partial charge in [0.25, 0.3) is 0 Å². The van der Waals surface area contributed by atoms with Gasteiger partial charge < -0.3 is 11.1 Å². The van der Waals surface area contributed by atoms with Gasteiger partial charge in [-0.05, 0) is 29.7 Å². The first kappa shape index (κ1) is 19.6. The summed E-state index contributed by atoms with van der Waals surface area (Å²) in [5.74, 6) is -1.02. The first-order chi connectivity index (χ1) is 11.6. The third-order valence-electron chi connectivity index (χ3n) is 4.10. The normalized spacial score (nSPS) is 14.6. The molecule has 1 heterocycles. The summed E-state index contributed by atoms with van der Waals surface area (Å²) in [7, 11) is 0. The number of rotatable bonds is 4. The lowest BCUT2D eigenvalue weighted by molar-refractivity contribution is 0.262. The van der Waals surface area contributed by atoms with Crippen molar-refractivity contribution in [2.75, 3.05) is 25.0 Å². The van der Waals surface area contributed by atoms with E-state index < -0.39 is 11.6 Å². The van der Waals surface area contributed by atoms with Gasteiger partial charge in [-0.1, -0.05) is 24.3 Å². The predicted octanol–water partition coefficient (Wildman–Crippen LogP) is 3.37. The molecular weight excluding hydrogens is 437 g/mol.